The molecule has 5 heteroatoms. The molecule has 3 unspecified atom stereocenters. The number of hydrogen-bond acceptors (Lipinski definition) is 3. The number of benzene rings is 7. The summed E-state index contributed by atoms with van der Waals surface area (Å²) in [5, 5.41) is 9.75. The highest BCUT2D eigenvalue weighted by Gasteiger charge is 2.57. The van der Waals surface area contributed by atoms with E-state index in [-0.39, 0.29) is 12.3 Å². The van der Waals surface area contributed by atoms with Gasteiger partial charge in [-0.05, 0) is 71.8 Å². The van der Waals surface area contributed by atoms with Crippen LogP contribution in [0.1, 0.15) is 29.0 Å². The van der Waals surface area contributed by atoms with Crippen molar-refractivity contribution in [3.8, 4) is 11.4 Å². The van der Waals surface area contributed by atoms with Gasteiger partial charge in [0.1, 0.15) is 18.2 Å². The summed E-state index contributed by atoms with van der Waals surface area (Å²) in [6, 6.07) is 63.3. The molecule has 3 atom stereocenters. The molecular weight excluding hydrogens is 611 g/mol. The first-order valence-electron chi connectivity index (χ1n) is 17.2. The number of aromatic nitrogens is 2. The van der Waals surface area contributed by atoms with E-state index in [1.165, 1.54) is 54.7 Å². The molecule has 1 fully saturated rings. The first-order chi connectivity index (χ1) is 24.8. The van der Waals surface area contributed by atoms with Gasteiger partial charge in [-0.3, -0.25) is 5.01 Å². The maximum atomic E-state index is 5.26. The molecule has 0 saturated carbocycles. The molecule has 0 spiro atoms. The minimum absolute atomic E-state index is 0.0443. The van der Waals surface area contributed by atoms with Gasteiger partial charge in [0, 0.05) is 38.5 Å². The van der Waals surface area contributed by atoms with Gasteiger partial charge in [-0.25, -0.2) is 4.99 Å². The molecule has 11 rings (SSSR count). The molecule has 0 bridgehead atoms. The van der Waals surface area contributed by atoms with Crippen LogP contribution in [0, 0.1) is 0 Å². The lowest BCUT2D eigenvalue weighted by Crippen LogP contribution is -2.11. The zero-order valence-corrected chi connectivity index (χ0v) is 27.1. The Balaban J connectivity index is 1.02. The lowest BCUT2D eigenvalue weighted by molar-refractivity contribution is 0.341. The molecule has 1 saturated heterocycles. The number of rotatable bonds is 5. The van der Waals surface area contributed by atoms with Gasteiger partial charge in [0.2, 0.25) is 0 Å². The van der Waals surface area contributed by atoms with Gasteiger partial charge < -0.3 is 9.13 Å². The second-order valence-corrected chi connectivity index (χ2v) is 13.2. The number of fused-ring (bicyclic) bond motifs is 7. The van der Waals surface area contributed by atoms with E-state index in [0.29, 0.717) is 0 Å². The zero-order valence-electron chi connectivity index (χ0n) is 27.1. The summed E-state index contributed by atoms with van der Waals surface area (Å²) in [6.45, 7) is 0. The normalized spacial score (nSPS) is 18.3. The summed E-state index contributed by atoms with van der Waals surface area (Å²) in [7, 11) is 0. The summed E-state index contributed by atoms with van der Waals surface area (Å²) in [6.07, 6.45) is 0.131. The lowest BCUT2D eigenvalue weighted by Gasteiger charge is -2.12. The van der Waals surface area contributed by atoms with Crippen LogP contribution in [-0.2, 0) is 0 Å². The van der Waals surface area contributed by atoms with Crippen LogP contribution >= 0.6 is 0 Å². The van der Waals surface area contributed by atoms with E-state index in [9.17, 15) is 0 Å². The Bertz CT molecular complexity index is 2720. The van der Waals surface area contributed by atoms with E-state index >= 15 is 0 Å². The molecule has 4 heterocycles. The number of para-hydroxylation sites is 3. The van der Waals surface area contributed by atoms with Gasteiger partial charge >= 0.3 is 0 Å². The van der Waals surface area contributed by atoms with Crippen LogP contribution in [0.15, 0.2) is 181 Å². The van der Waals surface area contributed by atoms with Crippen LogP contribution in [0.3, 0.4) is 0 Å². The monoisotopic (exact) mass is 641 g/mol. The van der Waals surface area contributed by atoms with Crippen molar-refractivity contribution in [2.75, 3.05) is 0 Å². The van der Waals surface area contributed by atoms with Crippen LogP contribution in [0.4, 0.5) is 0 Å². The number of aliphatic imine (C=N–C) groups is 1. The predicted molar refractivity (Wildman–Crippen MR) is 204 cm³/mol. The molecule has 236 valence electrons. The molecular formula is C45H31N5. The first-order valence-corrected chi connectivity index (χ1v) is 17.2. The predicted octanol–water partition coefficient (Wildman–Crippen LogP) is 10.6. The van der Waals surface area contributed by atoms with Crippen LogP contribution in [-0.4, -0.2) is 25.0 Å². The highest BCUT2D eigenvalue weighted by atomic mass is 15.9. The smallest absolute Gasteiger partial charge is 0.150 e. The highest BCUT2D eigenvalue weighted by molar-refractivity contribution is 6.12. The fourth-order valence-electron chi connectivity index (χ4n) is 8.21. The molecule has 0 N–H and O–H groups in total. The average molecular weight is 642 g/mol. The van der Waals surface area contributed by atoms with Crippen LogP contribution in [0.2, 0.25) is 0 Å². The SMILES string of the molecule is c1ccc(C2N=C(c3ccc(-n4c5ccccc5c5cc(-n6c7ccccc7c7ccccc76)ccc54)cc3)N3C(c4ccccc4)N23)cc1. The van der Waals surface area contributed by atoms with Crippen molar-refractivity contribution in [2.24, 2.45) is 4.99 Å². The zero-order chi connectivity index (χ0) is 32.8. The molecule has 9 aromatic rings. The Hall–Kier alpha value is -6.43. The molecule has 0 aliphatic carbocycles. The van der Waals surface area contributed by atoms with Crippen molar-refractivity contribution in [3.05, 3.63) is 193 Å². The minimum Gasteiger partial charge on any atom is -0.309 e. The van der Waals surface area contributed by atoms with E-state index in [1.807, 2.05) is 0 Å². The maximum Gasteiger partial charge on any atom is 0.150 e. The van der Waals surface area contributed by atoms with Crippen LogP contribution in [0.5, 0.6) is 0 Å². The Morgan fingerprint density at radius 2 is 0.880 bits per heavy atom. The van der Waals surface area contributed by atoms with E-state index in [2.05, 4.69) is 195 Å². The summed E-state index contributed by atoms with van der Waals surface area (Å²) in [5.41, 5.74) is 10.7. The second-order valence-electron chi connectivity index (χ2n) is 13.2. The lowest BCUT2D eigenvalue weighted by atomic mass is 10.1. The third-order valence-electron chi connectivity index (χ3n) is 10.5. The summed E-state index contributed by atoms with van der Waals surface area (Å²) in [5.74, 6) is 1.01. The molecule has 2 aliphatic rings. The van der Waals surface area contributed by atoms with Crippen molar-refractivity contribution in [3.63, 3.8) is 0 Å². The van der Waals surface area contributed by atoms with Crippen molar-refractivity contribution in [1.29, 1.82) is 0 Å². The van der Waals surface area contributed by atoms with Crippen molar-refractivity contribution >= 4 is 49.4 Å². The fourth-order valence-corrected chi connectivity index (χ4v) is 8.21. The van der Waals surface area contributed by atoms with Gasteiger partial charge in [0.25, 0.3) is 0 Å². The fraction of sp³-hybridized carbons (Fsp3) is 0.0444. The van der Waals surface area contributed by atoms with Crippen molar-refractivity contribution < 1.29 is 0 Å². The Morgan fingerprint density at radius 3 is 1.50 bits per heavy atom. The number of hydrogen-bond donors (Lipinski definition) is 0. The topological polar surface area (TPSA) is 28.2 Å². The van der Waals surface area contributed by atoms with E-state index in [1.54, 1.807) is 0 Å². The van der Waals surface area contributed by atoms with E-state index < -0.39 is 0 Å². The Labute approximate surface area is 289 Å². The van der Waals surface area contributed by atoms with Crippen molar-refractivity contribution in [1.82, 2.24) is 19.2 Å². The Morgan fingerprint density at radius 1 is 0.400 bits per heavy atom. The van der Waals surface area contributed by atoms with Crippen LogP contribution in [0.25, 0.3) is 55.0 Å². The quantitative estimate of drug-likeness (QED) is 0.175. The number of hydrazine groups is 1. The highest BCUT2D eigenvalue weighted by Crippen LogP contribution is 2.54. The van der Waals surface area contributed by atoms with Gasteiger partial charge in [0.05, 0.1) is 22.1 Å². The molecule has 2 aliphatic heterocycles. The van der Waals surface area contributed by atoms with Gasteiger partial charge in [0.15, 0.2) is 0 Å². The molecule has 5 nitrogen and oxygen atoms in total. The summed E-state index contributed by atoms with van der Waals surface area (Å²) < 4.78 is 4.79. The Kier molecular flexibility index (Phi) is 5.80. The third kappa shape index (κ3) is 3.95. The molecule has 7 aromatic carbocycles. The van der Waals surface area contributed by atoms with Gasteiger partial charge in [-0.1, -0.05) is 115 Å². The number of amidine groups is 1. The van der Waals surface area contributed by atoms with Gasteiger partial charge in [-0.2, -0.15) is 5.01 Å². The largest absolute Gasteiger partial charge is 0.309 e. The molecule has 2 aromatic heterocycles. The van der Waals surface area contributed by atoms with Gasteiger partial charge in [-0.15, -0.1) is 0 Å². The first kappa shape index (κ1) is 27.5. The summed E-state index contributed by atoms with van der Waals surface area (Å²) in [4.78, 5) is 5.26. The minimum atomic E-state index is -0.0443. The third-order valence-corrected chi connectivity index (χ3v) is 10.5. The summed E-state index contributed by atoms with van der Waals surface area (Å²) >= 11 is 0. The van der Waals surface area contributed by atoms with Crippen LogP contribution < -0.4 is 0 Å². The average Bonchev–Trinajstić information content (AvgIpc) is 3.46. The second kappa shape index (κ2) is 10.5. The van der Waals surface area contributed by atoms with E-state index in [4.69, 9.17) is 4.99 Å². The standard InChI is InChI=1S/C45H31N5/c1-3-13-30(14-4-1)43-46-44(50-45(49(43)50)32-15-5-2-6-16-32)31-23-25-33(26-24-31)47-41-22-12-9-19-37(41)38-29-34(27-28-42(38)47)48-39-20-10-7-17-35(39)36-18-8-11-21-40(36)48/h1-29,43,45H. The van der Waals surface area contributed by atoms with Crippen molar-refractivity contribution in [2.45, 2.75) is 12.3 Å². The molecule has 50 heavy (non-hydrogen) atoms. The molecule has 0 amide bonds. The molecule has 0 radical (unpaired) electrons. The number of nitrogens with zero attached hydrogens (tertiary/aromatic N) is 5. The van der Waals surface area contributed by atoms with E-state index in [0.717, 1.165) is 22.8 Å². The maximum absolute atomic E-state index is 5.26.